The van der Waals surface area contributed by atoms with Crippen LogP contribution in [0.1, 0.15) is 111 Å². The van der Waals surface area contributed by atoms with Gasteiger partial charge in [-0.15, -0.1) is 0 Å². The van der Waals surface area contributed by atoms with E-state index in [-0.39, 0.29) is 11.8 Å². The normalized spacial score (nSPS) is 10.6. The van der Waals surface area contributed by atoms with Gasteiger partial charge in [0.1, 0.15) is 0 Å². The third-order valence-corrected chi connectivity index (χ3v) is 5.42. The minimum Gasteiger partial charge on any atom is -0.403 e. The molecule has 262 valence electrons. The molecule has 2 heterocycles. The van der Waals surface area contributed by atoms with E-state index in [0.29, 0.717) is 39.7 Å². The van der Waals surface area contributed by atoms with Crippen molar-refractivity contribution in [1.82, 2.24) is 9.97 Å². The largest absolute Gasteiger partial charge is 0.403 e. The molecule has 0 aliphatic carbocycles. The van der Waals surface area contributed by atoms with E-state index in [1.54, 1.807) is 67.7 Å². The monoisotopic (exact) mass is 656 g/mol. The summed E-state index contributed by atoms with van der Waals surface area (Å²) in [5.41, 5.74) is 3.08. The Morgan fingerprint density at radius 1 is 0.771 bits per heavy atom. The molecule has 0 spiro atoms. The first-order valence-electron chi connectivity index (χ1n) is 17.0. The molecule has 3 aromatic rings. The molecule has 0 atom stereocenters. The van der Waals surface area contributed by atoms with Crippen LogP contribution in [0.5, 0.6) is 0 Å². The summed E-state index contributed by atoms with van der Waals surface area (Å²) in [7, 11) is 0. The van der Waals surface area contributed by atoms with Crippen LogP contribution in [0.15, 0.2) is 117 Å². The molecule has 0 N–H and O–H groups in total. The summed E-state index contributed by atoms with van der Waals surface area (Å²) in [6.45, 7) is 38.8. The summed E-state index contributed by atoms with van der Waals surface area (Å²) in [6, 6.07) is 5.37. The first-order valence-corrected chi connectivity index (χ1v) is 17.0. The predicted octanol–water partition coefficient (Wildman–Crippen LogP) is 12.1. The number of aromatic nitrogens is 2. The van der Waals surface area contributed by atoms with Gasteiger partial charge < -0.3 is 8.83 Å². The van der Waals surface area contributed by atoms with E-state index in [0.717, 1.165) is 11.1 Å². The second-order valence-corrected chi connectivity index (χ2v) is 8.69. The summed E-state index contributed by atoms with van der Waals surface area (Å²) in [4.78, 5) is 34.4. The van der Waals surface area contributed by atoms with Crippen LogP contribution < -0.4 is 11.3 Å². The molecule has 0 unspecified atom stereocenters. The van der Waals surface area contributed by atoms with Crippen molar-refractivity contribution < 1.29 is 8.83 Å². The number of nitrogens with zero attached hydrogens (tertiary/aromatic N) is 2. The lowest BCUT2D eigenvalue weighted by molar-refractivity contribution is 0.472. The summed E-state index contributed by atoms with van der Waals surface area (Å²) in [6.07, 6.45) is 16.7. The molecule has 0 aliphatic rings. The lowest BCUT2D eigenvalue weighted by Gasteiger charge is -2.07. The Morgan fingerprint density at radius 2 is 1.29 bits per heavy atom. The summed E-state index contributed by atoms with van der Waals surface area (Å²) in [5, 5.41) is 0.357. The van der Waals surface area contributed by atoms with Gasteiger partial charge in [-0.05, 0) is 49.6 Å². The summed E-state index contributed by atoms with van der Waals surface area (Å²) < 4.78 is 10.9. The zero-order chi connectivity index (χ0) is 37.7. The quantitative estimate of drug-likeness (QED) is 0.202. The summed E-state index contributed by atoms with van der Waals surface area (Å²) >= 11 is 0. The van der Waals surface area contributed by atoms with Crippen LogP contribution >= 0.6 is 0 Å². The molecule has 3 rings (SSSR count). The maximum Gasteiger partial charge on any atom is 0.347 e. The highest BCUT2D eigenvalue weighted by Gasteiger charge is 2.13. The van der Waals surface area contributed by atoms with Crippen molar-refractivity contribution >= 4 is 28.1 Å². The van der Waals surface area contributed by atoms with E-state index in [1.165, 1.54) is 6.42 Å². The van der Waals surface area contributed by atoms with Gasteiger partial charge >= 0.3 is 11.3 Å². The fraction of sp³-hybridized carbons (Fsp3) is 0.333. The molecule has 0 radical (unpaired) electrons. The van der Waals surface area contributed by atoms with Gasteiger partial charge in [-0.1, -0.05) is 157 Å². The van der Waals surface area contributed by atoms with E-state index in [9.17, 15) is 9.59 Å². The number of allylic oxidation sites excluding steroid dienone is 11. The number of hydrogen-bond acceptors (Lipinski definition) is 6. The third kappa shape index (κ3) is 15.6. The minimum atomic E-state index is -0.529. The molecule has 0 saturated heterocycles. The van der Waals surface area contributed by atoms with Gasteiger partial charge in [-0.3, -0.25) is 0 Å². The van der Waals surface area contributed by atoms with E-state index >= 15 is 0 Å². The Hall–Kier alpha value is -4.84. The van der Waals surface area contributed by atoms with E-state index in [4.69, 9.17) is 8.83 Å². The molecule has 0 amide bonds. The first kappa shape index (κ1) is 47.6. The molecule has 6 heteroatoms. The molecule has 48 heavy (non-hydrogen) atoms. The van der Waals surface area contributed by atoms with Gasteiger partial charge in [0.2, 0.25) is 11.8 Å². The van der Waals surface area contributed by atoms with Crippen molar-refractivity contribution in [2.24, 2.45) is 0 Å². The highest BCUT2D eigenvalue weighted by Crippen LogP contribution is 2.21. The lowest BCUT2D eigenvalue weighted by atomic mass is 10.0. The van der Waals surface area contributed by atoms with Crippen molar-refractivity contribution in [3.8, 4) is 0 Å². The van der Waals surface area contributed by atoms with Crippen LogP contribution in [0.4, 0.5) is 0 Å². The topological polar surface area (TPSA) is 86.2 Å². The maximum absolute atomic E-state index is 12.8. The van der Waals surface area contributed by atoms with Gasteiger partial charge in [0.15, 0.2) is 0 Å². The second kappa shape index (κ2) is 29.6. The van der Waals surface area contributed by atoms with Gasteiger partial charge in [0.25, 0.3) is 0 Å². The Morgan fingerprint density at radius 3 is 1.77 bits per heavy atom. The number of fused-ring (bicyclic) bond motifs is 1. The Labute approximate surface area is 290 Å². The summed E-state index contributed by atoms with van der Waals surface area (Å²) in [5.74, 6) is 0.388. The molecule has 6 nitrogen and oxygen atoms in total. The standard InChI is InChI=1S/C31H28N2O4.C3H8.4C2H6/c1-7-12-23(11-5)28-32-20(6)25(30(34)36-28)18-21(10-4)17-22-15-16-27-26(19-22)31(35)37-29(33-27)24(13-8-2)14-9-3;1-3-2;4*1-2/h7-16,18-19H,1-2,4-5,17H2,3,6H3;3H2,1-2H3;4*1-2H3/b14-9-,21-18+,23-12+,24-13+;;;;;. The average Bonchev–Trinajstić information content (AvgIpc) is 3.12. The van der Waals surface area contributed by atoms with Crippen molar-refractivity contribution in [3.63, 3.8) is 0 Å². The Bertz CT molecular complexity index is 1640. The van der Waals surface area contributed by atoms with Crippen LogP contribution in [0.3, 0.4) is 0 Å². The third-order valence-electron chi connectivity index (χ3n) is 5.42. The molecule has 0 fully saturated rings. The molecule has 0 bridgehead atoms. The number of rotatable bonds is 10. The molecular weight excluding hydrogens is 596 g/mol. The van der Waals surface area contributed by atoms with Crippen LogP contribution in [-0.2, 0) is 6.42 Å². The maximum atomic E-state index is 12.8. The molecule has 2 aromatic heterocycles. The smallest absolute Gasteiger partial charge is 0.347 e. The van der Waals surface area contributed by atoms with Gasteiger partial charge in [0.05, 0.1) is 22.2 Å². The minimum absolute atomic E-state index is 0.170. The lowest BCUT2D eigenvalue weighted by Crippen LogP contribution is -2.11. The van der Waals surface area contributed by atoms with Crippen LogP contribution in [0.2, 0.25) is 0 Å². The van der Waals surface area contributed by atoms with E-state index in [1.807, 2.05) is 74.5 Å². The number of aryl methyl sites for hydroxylation is 1. The van der Waals surface area contributed by atoms with Gasteiger partial charge in [0, 0.05) is 11.1 Å². The fourth-order valence-electron chi connectivity index (χ4n) is 3.63. The van der Waals surface area contributed by atoms with Gasteiger partial charge in [-0.2, -0.15) is 0 Å². The highest BCUT2D eigenvalue weighted by atomic mass is 16.4. The van der Waals surface area contributed by atoms with Crippen LogP contribution in [0.25, 0.3) is 28.1 Å². The highest BCUT2D eigenvalue weighted by molar-refractivity contribution is 5.80. The molecule has 0 saturated carbocycles. The first-order chi connectivity index (χ1) is 23.3. The van der Waals surface area contributed by atoms with Gasteiger partial charge in [-0.25, -0.2) is 19.6 Å². The Balaban J connectivity index is -0.00000165. The number of hydrogen-bond donors (Lipinski definition) is 0. The molecular formula is C42H60N2O4. The van der Waals surface area contributed by atoms with Crippen molar-refractivity contribution in [2.45, 2.75) is 95.9 Å². The van der Waals surface area contributed by atoms with Crippen molar-refractivity contribution in [1.29, 1.82) is 0 Å². The molecule has 1 aromatic carbocycles. The fourth-order valence-corrected chi connectivity index (χ4v) is 3.63. The van der Waals surface area contributed by atoms with Crippen LogP contribution in [-0.4, -0.2) is 9.97 Å². The van der Waals surface area contributed by atoms with E-state index < -0.39 is 11.3 Å². The zero-order valence-corrected chi connectivity index (χ0v) is 31.7. The zero-order valence-electron chi connectivity index (χ0n) is 31.7. The Kier molecular flexibility index (Phi) is 29.3. The van der Waals surface area contributed by atoms with Crippen molar-refractivity contribution in [2.75, 3.05) is 0 Å². The number of benzene rings is 1. The predicted molar refractivity (Wildman–Crippen MR) is 212 cm³/mol. The van der Waals surface area contributed by atoms with Crippen molar-refractivity contribution in [3.05, 3.63) is 148 Å². The molecule has 0 aliphatic heterocycles. The SMILES string of the molecule is C=C/C=C(\C=C)c1nc(C)c(/C=C(\C=C)Cc2ccc3nc(C(/C=C\C)=C/C=C)oc(=O)c3c2)c(=O)o1.CC.CC.CC.CC.CCC. The second-order valence-electron chi connectivity index (χ2n) is 8.69. The average molecular weight is 657 g/mol. The van der Waals surface area contributed by atoms with Crippen LogP contribution in [0, 0.1) is 6.92 Å². The van der Waals surface area contributed by atoms with E-state index in [2.05, 4.69) is 50.1 Å².